The number of amides is 2. The summed E-state index contributed by atoms with van der Waals surface area (Å²) in [5.74, 6) is 0.397. The first kappa shape index (κ1) is 31.9. The van der Waals surface area contributed by atoms with E-state index in [1.807, 2.05) is 59.7 Å². The van der Waals surface area contributed by atoms with E-state index in [1.165, 1.54) is 6.20 Å². The maximum Gasteiger partial charge on any atom is 0.410 e. The highest BCUT2D eigenvalue weighted by molar-refractivity contribution is 6.09. The number of hydrogen-bond acceptors (Lipinski definition) is 9. The number of benzene rings is 1. The van der Waals surface area contributed by atoms with Crippen LogP contribution in [0.3, 0.4) is 0 Å². The van der Waals surface area contributed by atoms with Crippen molar-refractivity contribution < 1.29 is 18.8 Å². The first-order chi connectivity index (χ1) is 21.0. The van der Waals surface area contributed by atoms with Crippen LogP contribution in [0.1, 0.15) is 80.9 Å². The molecule has 4 heterocycles. The zero-order chi connectivity index (χ0) is 32.0. The van der Waals surface area contributed by atoms with Gasteiger partial charge in [0.1, 0.15) is 11.6 Å². The second kappa shape index (κ2) is 13.5. The van der Waals surface area contributed by atoms with Crippen molar-refractivity contribution in [3.05, 3.63) is 71.4 Å². The van der Waals surface area contributed by atoms with E-state index in [1.54, 1.807) is 47.1 Å². The first-order valence-corrected chi connectivity index (χ1v) is 14.7. The second-order valence-electron chi connectivity index (χ2n) is 11.1. The Kier molecular flexibility index (Phi) is 9.82. The predicted octanol–water partition coefficient (Wildman–Crippen LogP) is 6.04. The summed E-state index contributed by atoms with van der Waals surface area (Å²) in [6.45, 7) is 12.0. The summed E-state index contributed by atoms with van der Waals surface area (Å²) >= 11 is 0. The summed E-state index contributed by atoms with van der Waals surface area (Å²) in [5.41, 5.74) is 9.96. The number of nitrogens with one attached hydrogen (secondary N) is 1. The fourth-order valence-electron chi connectivity index (χ4n) is 4.72. The number of likely N-dealkylation sites (tertiary alicyclic amines) is 1. The lowest BCUT2D eigenvalue weighted by atomic mass is 10.1. The zero-order valence-corrected chi connectivity index (χ0v) is 26.3. The lowest BCUT2D eigenvalue weighted by Gasteiger charge is -2.26. The van der Waals surface area contributed by atoms with Gasteiger partial charge in [-0.1, -0.05) is 31.1 Å². The van der Waals surface area contributed by atoms with Gasteiger partial charge in [-0.15, -0.1) is 0 Å². The Bertz CT molecular complexity index is 1700. The molecule has 0 aliphatic carbocycles. The Hall–Kier alpha value is -5.00. The number of nitrogens with two attached hydrogens (primary N) is 1. The van der Waals surface area contributed by atoms with Gasteiger partial charge in [-0.05, 0) is 70.4 Å². The van der Waals surface area contributed by atoms with Crippen LogP contribution in [0.4, 0.5) is 10.5 Å². The Balaban J connectivity index is 0.00000216. The molecule has 5 rings (SSSR count). The van der Waals surface area contributed by atoms with Crippen molar-refractivity contribution >= 4 is 35.1 Å². The lowest BCUT2D eigenvalue weighted by Crippen LogP contribution is -2.36. The number of rotatable bonds is 6. The van der Waals surface area contributed by atoms with E-state index in [0.29, 0.717) is 52.7 Å². The molecule has 1 aromatic carbocycles. The Labute approximate surface area is 257 Å². The molecule has 232 valence electrons. The van der Waals surface area contributed by atoms with Gasteiger partial charge in [-0.2, -0.15) is 10.1 Å². The Morgan fingerprint density at radius 3 is 2.70 bits per heavy atom. The van der Waals surface area contributed by atoms with E-state index >= 15 is 0 Å². The van der Waals surface area contributed by atoms with Crippen molar-refractivity contribution in [3.63, 3.8) is 0 Å². The minimum absolute atomic E-state index is 0.313. The number of aromatic nitrogens is 4. The van der Waals surface area contributed by atoms with Crippen molar-refractivity contribution in [2.24, 2.45) is 10.7 Å². The molecule has 1 saturated heterocycles. The molecular formula is C32H40N8O4. The number of pyridine rings is 1. The van der Waals surface area contributed by atoms with Crippen LogP contribution in [0.25, 0.3) is 22.6 Å². The molecule has 4 aromatic rings. The van der Waals surface area contributed by atoms with Gasteiger partial charge in [0.15, 0.2) is 0 Å². The molecule has 12 nitrogen and oxygen atoms in total. The molecule has 0 radical (unpaired) electrons. The average molecular weight is 601 g/mol. The maximum absolute atomic E-state index is 13.3. The minimum atomic E-state index is -0.603. The fraction of sp³-hybridized carbons (Fsp3) is 0.375. The SMILES string of the molecule is CC.CN=C/C=C(\N)c1ccc2c(C(=O)Nc3cc(-c4noc(C5CCCN5C(=O)OC(C)(C)C)n4)ccc3C)cnn2c1. The second-order valence-corrected chi connectivity index (χ2v) is 11.1. The van der Waals surface area contributed by atoms with Crippen LogP contribution < -0.4 is 11.1 Å². The van der Waals surface area contributed by atoms with Crippen LogP contribution in [0.15, 0.2) is 58.3 Å². The number of fused-ring (bicyclic) bond motifs is 1. The topological polar surface area (TPSA) is 153 Å². The normalized spacial score (nSPS) is 15.4. The number of hydrogen-bond donors (Lipinski definition) is 2. The van der Waals surface area contributed by atoms with Gasteiger partial charge >= 0.3 is 6.09 Å². The summed E-state index contributed by atoms with van der Waals surface area (Å²) in [7, 11) is 1.67. The Morgan fingerprint density at radius 2 is 1.98 bits per heavy atom. The summed E-state index contributed by atoms with van der Waals surface area (Å²) in [6.07, 6.45) is 7.70. The highest BCUT2D eigenvalue weighted by Gasteiger charge is 2.36. The van der Waals surface area contributed by atoms with Gasteiger partial charge in [-0.3, -0.25) is 14.7 Å². The highest BCUT2D eigenvalue weighted by atomic mass is 16.6. The number of aryl methyl sites for hydroxylation is 1. The number of ether oxygens (including phenoxy) is 1. The van der Waals surface area contributed by atoms with E-state index in [0.717, 1.165) is 17.5 Å². The number of anilines is 1. The van der Waals surface area contributed by atoms with Crippen molar-refractivity contribution in [2.45, 2.75) is 66.0 Å². The molecule has 3 N–H and O–H groups in total. The van der Waals surface area contributed by atoms with Gasteiger partial charge < -0.3 is 20.3 Å². The molecule has 0 bridgehead atoms. The first-order valence-electron chi connectivity index (χ1n) is 14.7. The predicted molar refractivity (Wildman–Crippen MR) is 170 cm³/mol. The van der Waals surface area contributed by atoms with Crippen LogP contribution >= 0.6 is 0 Å². The summed E-state index contributed by atoms with van der Waals surface area (Å²) < 4.78 is 12.8. The van der Waals surface area contributed by atoms with Crippen LogP contribution in [-0.2, 0) is 4.74 Å². The van der Waals surface area contributed by atoms with E-state index in [4.69, 9.17) is 15.0 Å². The van der Waals surface area contributed by atoms with E-state index in [-0.39, 0.29) is 11.9 Å². The molecule has 0 saturated carbocycles. The quantitative estimate of drug-likeness (QED) is 0.254. The van der Waals surface area contributed by atoms with Crippen molar-refractivity contribution in [2.75, 3.05) is 18.9 Å². The van der Waals surface area contributed by atoms with Crippen molar-refractivity contribution in [1.82, 2.24) is 24.7 Å². The van der Waals surface area contributed by atoms with Gasteiger partial charge in [0, 0.05) is 48.5 Å². The molecule has 2 amide bonds. The summed E-state index contributed by atoms with van der Waals surface area (Å²) in [5, 5.41) is 11.5. The van der Waals surface area contributed by atoms with Gasteiger partial charge in [0.2, 0.25) is 11.7 Å². The number of allylic oxidation sites excluding steroid dienone is 1. The molecule has 44 heavy (non-hydrogen) atoms. The number of nitrogens with zero attached hydrogens (tertiary/aromatic N) is 6. The number of aliphatic imine (C=N–C) groups is 1. The standard InChI is InChI=1S/C30H34N8O4.C2H6/c1-18-8-9-19(26-35-28(42-36-26)25-7-6-14-37(25)29(40)41-30(2,3)4)15-23(18)34-27(39)21-16-33-38-17-20(10-11-24(21)38)22(31)12-13-32-5;1-2/h8-13,15-17,25H,6-7,14,31H2,1-5H3,(H,34,39);1-2H3/b22-12-,32-13?;. The number of carbonyl (C=O) groups is 2. The van der Waals surface area contributed by atoms with Gasteiger partial charge in [0.25, 0.3) is 5.91 Å². The highest BCUT2D eigenvalue weighted by Crippen LogP contribution is 2.34. The molecule has 12 heteroatoms. The third-order valence-corrected chi connectivity index (χ3v) is 6.85. The Morgan fingerprint density at radius 1 is 1.20 bits per heavy atom. The van der Waals surface area contributed by atoms with E-state index in [2.05, 4.69) is 25.5 Å². The number of carbonyl (C=O) groups excluding carboxylic acids is 2. The zero-order valence-electron chi connectivity index (χ0n) is 26.3. The van der Waals surface area contributed by atoms with E-state index < -0.39 is 11.7 Å². The minimum Gasteiger partial charge on any atom is -0.444 e. The average Bonchev–Trinajstić information content (AvgIpc) is 3.76. The van der Waals surface area contributed by atoms with Crippen LogP contribution in [0.2, 0.25) is 0 Å². The smallest absolute Gasteiger partial charge is 0.410 e. The summed E-state index contributed by atoms with van der Waals surface area (Å²) in [6, 6.07) is 8.81. The molecule has 1 aliphatic heterocycles. The molecule has 1 fully saturated rings. The third-order valence-electron chi connectivity index (χ3n) is 6.85. The lowest BCUT2D eigenvalue weighted by molar-refractivity contribution is 0.0199. The molecule has 0 spiro atoms. The summed E-state index contributed by atoms with van der Waals surface area (Å²) in [4.78, 5) is 36.2. The monoisotopic (exact) mass is 600 g/mol. The van der Waals surface area contributed by atoms with Crippen LogP contribution in [0.5, 0.6) is 0 Å². The van der Waals surface area contributed by atoms with Crippen LogP contribution in [-0.4, -0.2) is 62.1 Å². The van der Waals surface area contributed by atoms with Gasteiger partial charge in [-0.25, -0.2) is 9.31 Å². The molecule has 1 aliphatic rings. The molecule has 1 atom stereocenters. The molecule has 1 unspecified atom stereocenters. The molecular weight excluding hydrogens is 560 g/mol. The fourth-order valence-corrected chi connectivity index (χ4v) is 4.72. The maximum atomic E-state index is 13.3. The largest absolute Gasteiger partial charge is 0.444 e. The van der Waals surface area contributed by atoms with Gasteiger partial charge in [0.05, 0.1) is 17.3 Å². The third kappa shape index (κ3) is 7.13. The van der Waals surface area contributed by atoms with Crippen molar-refractivity contribution in [3.8, 4) is 11.4 Å². The van der Waals surface area contributed by atoms with Crippen molar-refractivity contribution in [1.29, 1.82) is 0 Å². The van der Waals surface area contributed by atoms with Crippen LogP contribution in [0, 0.1) is 6.92 Å². The van der Waals surface area contributed by atoms with E-state index in [9.17, 15) is 9.59 Å². The molecule has 3 aromatic heterocycles.